The van der Waals surface area contributed by atoms with Crippen LogP contribution in [0.2, 0.25) is 0 Å². The average molecular weight is 802 g/mol. The summed E-state index contributed by atoms with van der Waals surface area (Å²) in [6.07, 6.45) is 0. The number of rotatable bonds is 6. The predicted octanol–water partition coefficient (Wildman–Crippen LogP) is 16.0. The summed E-state index contributed by atoms with van der Waals surface area (Å²) in [6, 6.07) is 86.4. The van der Waals surface area contributed by atoms with Crippen LogP contribution in [-0.2, 0) is 0 Å². The van der Waals surface area contributed by atoms with Crippen molar-refractivity contribution in [2.24, 2.45) is 0 Å². The second-order valence-electron chi connectivity index (χ2n) is 16.5. The normalized spacial score (nSPS) is 11.8. The van der Waals surface area contributed by atoms with Gasteiger partial charge >= 0.3 is 0 Å². The van der Waals surface area contributed by atoms with Gasteiger partial charge in [0.1, 0.15) is 0 Å². The first-order valence-corrected chi connectivity index (χ1v) is 21.7. The molecule has 0 aliphatic heterocycles. The second-order valence-corrected chi connectivity index (χ2v) is 16.5. The van der Waals surface area contributed by atoms with E-state index in [4.69, 9.17) is 0 Å². The largest absolute Gasteiger partial charge is 0.309 e. The Hall–Kier alpha value is -8.40. The Kier molecular flexibility index (Phi) is 7.91. The molecule has 13 rings (SSSR count). The van der Waals surface area contributed by atoms with Crippen LogP contribution >= 0.6 is 0 Å². The van der Waals surface area contributed by atoms with Gasteiger partial charge in [0.25, 0.3) is 0 Å². The Labute approximate surface area is 364 Å². The zero-order valence-electron chi connectivity index (χ0n) is 34.4. The molecule has 0 N–H and O–H groups in total. The monoisotopic (exact) mass is 801 g/mol. The predicted molar refractivity (Wildman–Crippen MR) is 266 cm³/mol. The summed E-state index contributed by atoms with van der Waals surface area (Å²) in [5.74, 6) is 0. The Morgan fingerprint density at radius 1 is 0.206 bits per heavy atom. The summed E-state index contributed by atoms with van der Waals surface area (Å²) < 4.78 is 7.34. The van der Waals surface area contributed by atoms with Gasteiger partial charge in [-0.25, -0.2) is 0 Å². The molecule has 0 aliphatic rings. The van der Waals surface area contributed by atoms with Crippen molar-refractivity contribution in [1.29, 1.82) is 0 Å². The van der Waals surface area contributed by atoms with Gasteiger partial charge in [-0.3, -0.25) is 0 Å². The summed E-state index contributed by atoms with van der Waals surface area (Å²) in [7, 11) is 0. The van der Waals surface area contributed by atoms with Crippen molar-refractivity contribution in [2.75, 3.05) is 0 Å². The lowest BCUT2D eigenvalue weighted by atomic mass is 10.00. The van der Waals surface area contributed by atoms with Crippen molar-refractivity contribution < 1.29 is 0 Å². The highest BCUT2D eigenvalue weighted by Gasteiger charge is 2.22. The van der Waals surface area contributed by atoms with Gasteiger partial charge in [-0.1, -0.05) is 158 Å². The van der Waals surface area contributed by atoms with Gasteiger partial charge < -0.3 is 13.7 Å². The number of aromatic nitrogens is 3. The van der Waals surface area contributed by atoms with Crippen molar-refractivity contribution in [1.82, 2.24) is 13.7 Å². The molecule has 3 heterocycles. The maximum absolute atomic E-state index is 2.47. The highest BCUT2D eigenvalue weighted by Crippen LogP contribution is 2.44. The zero-order valence-corrected chi connectivity index (χ0v) is 34.4. The van der Waals surface area contributed by atoms with Crippen LogP contribution in [0.1, 0.15) is 0 Å². The summed E-state index contributed by atoms with van der Waals surface area (Å²) in [6.45, 7) is 0. The van der Waals surface area contributed by atoms with E-state index in [1.54, 1.807) is 0 Å². The molecule has 294 valence electrons. The molecular weight excluding hydrogens is 763 g/mol. The summed E-state index contributed by atoms with van der Waals surface area (Å²) >= 11 is 0. The highest BCUT2D eigenvalue weighted by atomic mass is 15.0. The van der Waals surface area contributed by atoms with E-state index in [0.29, 0.717) is 0 Å². The molecule has 0 aliphatic carbocycles. The summed E-state index contributed by atoms with van der Waals surface area (Å²) in [5, 5.41) is 7.44. The Balaban J connectivity index is 1.05. The van der Waals surface area contributed by atoms with E-state index in [2.05, 4.69) is 250 Å². The Morgan fingerprint density at radius 2 is 0.635 bits per heavy atom. The molecule has 13 aromatic rings. The number of fused-ring (bicyclic) bond motifs is 10. The third-order valence-electron chi connectivity index (χ3n) is 13.0. The van der Waals surface area contributed by atoms with Crippen molar-refractivity contribution in [2.45, 2.75) is 0 Å². The van der Waals surface area contributed by atoms with Gasteiger partial charge in [-0.15, -0.1) is 0 Å². The molecule has 63 heavy (non-hydrogen) atoms. The lowest BCUT2D eigenvalue weighted by Crippen LogP contribution is -1.95. The average Bonchev–Trinajstić information content (AvgIpc) is 4.00. The fourth-order valence-electron chi connectivity index (χ4n) is 10.2. The molecule has 3 aromatic heterocycles. The van der Waals surface area contributed by atoms with Crippen LogP contribution in [0.15, 0.2) is 237 Å². The number of hydrogen-bond donors (Lipinski definition) is 0. The van der Waals surface area contributed by atoms with Crippen molar-refractivity contribution in [3.8, 4) is 50.4 Å². The Morgan fingerprint density at radius 3 is 1.33 bits per heavy atom. The van der Waals surface area contributed by atoms with Crippen LogP contribution in [0.5, 0.6) is 0 Å². The SMILES string of the molecule is c1ccc(-c2ccc(-n3c4ccc(-c5ccc6c(c5)c5ccccc5n6-c5cccc(-c6ccccc6)c5)cc4c4c3ccc3c5ccccc5n(-c5ccccc5)c34)cc2)cc1. The first kappa shape index (κ1) is 35.4. The first-order valence-electron chi connectivity index (χ1n) is 21.7. The molecule has 0 atom stereocenters. The van der Waals surface area contributed by atoms with E-state index in [1.165, 1.54) is 98.8 Å². The molecule has 3 heteroatoms. The van der Waals surface area contributed by atoms with E-state index < -0.39 is 0 Å². The van der Waals surface area contributed by atoms with Crippen LogP contribution in [0.4, 0.5) is 0 Å². The van der Waals surface area contributed by atoms with Gasteiger partial charge in [0.05, 0.1) is 33.1 Å². The zero-order chi connectivity index (χ0) is 41.4. The molecule has 0 spiro atoms. The smallest absolute Gasteiger partial charge is 0.0641 e. The first-order chi connectivity index (χ1) is 31.3. The van der Waals surface area contributed by atoms with Gasteiger partial charge in [0, 0.05) is 49.4 Å². The molecule has 0 bridgehead atoms. The van der Waals surface area contributed by atoms with E-state index in [0.717, 1.165) is 17.1 Å². The third-order valence-corrected chi connectivity index (χ3v) is 13.0. The third kappa shape index (κ3) is 5.53. The lowest BCUT2D eigenvalue weighted by Gasteiger charge is -2.11. The van der Waals surface area contributed by atoms with Gasteiger partial charge in [0.15, 0.2) is 0 Å². The van der Waals surface area contributed by atoms with Gasteiger partial charge in [0.2, 0.25) is 0 Å². The van der Waals surface area contributed by atoms with E-state index >= 15 is 0 Å². The molecule has 0 saturated carbocycles. The number of benzene rings is 10. The number of para-hydroxylation sites is 3. The minimum Gasteiger partial charge on any atom is -0.309 e. The minimum atomic E-state index is 1.13. The maximum atomic E-state index is 2.47. The van der Waals surface area contributed by atoms with Crippen molar-refractivity contribution in [3.05, 3.63) is 237 Å². The standard InChI is InChI=1S/C60H39N3/c1-4-15-40(16-5-1)42-27-31-47(32-28-42)61-57-35-30-45(39-53(57)59-58(61)36-33-51-49-23-10-13-26-55(49)63(60(51)59)46-20-8-3-9-21-46)44-29-34-56-52(38-44)50-24-11-12-25-54(50)62(56)48-22-14-19-43(37-48)41-17-6-2-7-18-41/h1-39H. The molecular formula is C60H39N3. The van der Waals surface area contributed by atoms with E-state index in [-0.39, 0.29) is 0 Å². The number of hydrogen-bond acceptors (Lipinski definition) is 0. The van der Waals surface area contributed by atoms with Crippen molar-refractivity contribution in [3.63, 3.8) is 0 Å². The van der Waals surface area contributed by atoms with E-state index in [9.17, 15) is 0 Å². The molecule has 3 nitrogen and oxygen atoms in total. The molecule has 0 amide bonds. The van der Waals surface area contributed by atoms with Crippen LogP contribution in [0.3, 0.4) is 0 Å². The summed E-state index contributed by atoms with van der Waals surface area (Å²) in [4.78, 5) is 0. The molecule has 0 radical (unpaired) electrons. The fraction of sp³-hybridized carbons (Fsp3) is 0. The molecule has 0 fully saturated rings. The topological polar surface area (TPSA) is 14.8 Å². The fourth-order valence-corrected chi connectivity index (χ4v) is 10.2. The van der Waals surface area contributed by atoms with E-state index in [1.807, 2.05) is 0 Å². The van der Waals surface area contributed by atoms with Gasteiger partial charge in [-0.2, -0.15) is 0 Å². The lowest BCUT2D eigenvalue weighted by molar-refractivity contribution is 1.17. The van der Waals surface area contributed by atoms with Crippen LogP contribution in [-0.4, -0.2) is 13.7 Å². The molecule has 10 aromatic carbocycles. The minimum absolute atomic E-state index is 1.13. The number of nitrogens with zero attached hydrogens (tertiary/aromatic N) is 3. The highest BCUT2D eigenvalue weighted by molar-refractivity contribution is 6.26. The summed E-state index contributed by atoms with van der Waals surface area (Å²) in [5.41, 5.74) is 17.8. The maximum Gasteiger partial charge on any atom is 0.0641 e. The molecule has 0 saturated heterocycles. The van der Waals surface area contributed by atoms with Crippen molar-refractivity contribution >= 4 is 65.4 Å². The Bertz CT molecular complexity index is 3870. The second kappa shape index (κ2) is 14.1. The molecule has 0 unspecified atom stereocenters. The van der Waals surface area contributed by atoms with Crippen LogP contribution in [0, 0.1) is 0 Å². The van der Waals surface area contributed by atoms with Crippen LogP contribution < -0.4 is 0 Å². The van der Waals surface area contributed by atoms with Gasteiger partial charge in [-0.05, 0) is 112 Å². The van der Waals surface area contributed by atoms with Crippen LogP contribution in [0.25, 0.3) is 116 Å². The quantitative estimate of drug-likeness (QED) is 0.159.